The Bertz CT molecular complexity index is 260. The van der Waals surface area contributed by atoms with Gasteiger partial charge in [0, 0.05) is 12.7 Å². The number of anilines is 1. The minimum absolute atomic E-state index is 0.977. The van der Waals surface area contributed by atoms with Crippen LogP contribution < -0.4 is 10.6 Å². The molecule has 0 bridgehead atoms. The van der Waals surface area contributed by atoms with Gasteiger partial charge in [-0.15, -0.1) is 0 Å². The van der Waals surface area contributed by atoms with E-state index in [9.17, 15) is 0 Å². The highest BCUT2D eigenvalue weighted by Crippen LogP contribution is 2.08. The summed E-state index contributed by atoms with van der Waals surface area (Å²) in [7, 11) is 0. The van der Waals surface area contributed by atoms with Gasteiger partial charge in [0.25, 0.3) is 0 Å². The lowest BCUT2D eigenvalue weighted by molar-refractivity contribution is 0.688. The van der Waals surface area contributed by atoms with Crippen LogP contribution in [0.15, 0.2) is 18.3 Å². The Morgan fingerprint density at radius 3 is 2.93 bits per heavy atom. The average molecular weight is 193 g/mol. The predicted octanol–water partition coefficient (Wildman–Crippen LogP) is 1.80. The van der Waals surface area contributed by atoms with Gasteiger partial charge in [-0.1, -0.05) is 13.0 Å². The van der Waals surface area contributed by atoms with Crippen molar-refractivity contribution in [1.29, 1.82) is 0 Å². The van der Waals surface area contributed by atoms with Crippen LogP contribution in [0.5, 0.6) is 0 Å². The van der Waals surface area contributed by atoms with Crippen LogP contribution in [0.25, 0.3) is 0 Å². The molecule has 2 N–H and O–H groups in total. The first-order valence-corrected chi connectivity index (χ1v) is 5.20. The van der Waals surface area contributed by atoms with Gasteiger partial charge in [0.2, 0.25) is 0 Å². The molecule has 0 atom stereocenters. The summed E-state index contributed by atoms with van der Waals surface area (Å²) >= 11 is 0. The highest BCUT2D eigenvalue weighted by molar-refractivity contribution is 5.42. The molecule has 0 aliphatic carbocycles. The highest BCUT2D eigenvalue weighted by Gasteiger charge is 1.95. The fourth-order valence-electron chi connectivity index (χ4n) is 1.27. The van der Waals surface area contributed by atoms with Crippen LogP contribution in [0.1, 0.15) is 18.9 Å². The number of hydrogen-bond acceptors (Lipinski definition) is 3. The van der Waals surface area contributed by atoms with Gasteiger partial charge in [-0.2, -0.15) is 0 Å². The third-order valence-corrected chi connectivity index (χ3v) is 2.08. The molecule has 14 heavy (non-hydrogen) atoms. The van der Waals surface area contributed by atoms with E-state index in [0.29, 0.717) is 0 Å². The molecule has 0 spiro atoms. The van der Waals surface area contributed by atoms with Gasteiger partial charge in [0.05, 0.1) is 0 Å². The lowest BCUT2D eigenvalue weighted by Crippen LogP contribution is -2.17. The van der Waals surface area contributed by atoms with E-state index in [-0.39, 0.29) is 0 Å². The summed E-state index contributed by atoms with van der Waals surface area (Å²) in [5.74, 6) is 1.00. The van der Waals surface area contributed by atoms with Crippen molar-refractivity contribution >= 4 is 5.82 Å². The summed E-state index contributed by atoms with van der Waals surface area (Å²) in [6, 6.07) is 4.03. The lowest BCUT2D eigenvalue weighted by atomic mass is 10.3. The molecule has 0 unspecified atom stereocenters. The molecule has 3 heteroatoms. The molecule has 1 rings (SSSR count). The topological polar surface area (TPSA) is 37.0 Å². The Labute approximate surface area is 85.9 Å². The molecule has 0 saturated carbocycles. The Morgan fingerprint density at radius 2 is 2.21 bits per heavy atom. The van der Waals surface area contributed by atoms with Gasteiger partial charge >= 0.3 is 0 Å². The minimum atomic E-state index is 0.977. The number of rotatable bonds is 6. The van der Waals surface area contributed by atoms with Gasteiger partial charge in [-0.3, -0.25) is 0 Å². The largest absolute Gasteiger partial charge is 0.370 e. The third kappa shape index (κ3) is 3.75. The molecule has 3 nitrogen and oxygen atoms in total. The highest BCUT2D eigenvalue weighted by atomic mass is 15.0. The lowest BCUT2D eigenvalue weighted by Gasteiger charge is -2.07. The zero-order chi connectivity index (χ0) is 10.2. The second-order valence-electron chi connectivity index (χ2n) is 3.30. The van der Waals surface area contributed by atoms with Crippen molar-refractivity contribution in [3.05, 3.63) is 23.9 Å². The predicted molar refractivity (Wildman–Crippen MR) is 60.6 cm³/mol. The van der Waals surface area contributed by atoms with Crippen molar-refractivity contribution in [1.82, 2.24) is 10.3 Å². The van der Waals surface area contributed by atoms with Crippen molar-refractivity contribution in [2.45, 2.75) is 20.3 Å². The molecule has 78 valence electrons. The van der Waals surface area contributed by atoms with Gasteiger partial charge in [-0.25, -0.2) is 4.98 Å². The molecule has 0 fully saturated rings. The van der Waals surface area contributed by atoms with E-state index in [1.807, 2.05) is 12.3 Å². The molecular weight excluding hydrogens is 174 g/mol. The van der Waals surface area contributed by atoms with E-state index in [4.69, 9.17) is 0 Å². The molecular formula is C11H19N3. The maximum atomic E-state index is 4.26. The zero-order valence-electron chi connectivity index (χ0n) is 9.01. The second-order valence-corrected chi connectivity index (χ2v) is 3.30. The third-order valence-electron chi connectivity index (χ3n) is 2.08. The maximum absolute atomic E-state index is 4.26. The van der Waals surface area contributed by atoms with Crippen LogP contribution in [0.2, 0.25) is 0 Å². The van der Waals surface area contributed by atoms with E-state index >= 15 is 0 Å². The molecule has 0 aliphatic rings. The summed E-state index contributed by atoms with van der Waals surface area (Å²) in [6.45, 7) is 7.28. The molecule has 0 saturated heterocycles. The van der Waals surface area contributed by atoms with E-state index < -0.39 is 0 Å². The zero-order valence-corrected chi connectivity index (χ0v) is 9.01. The van der Waals surface area contributed by atoms with Crippen LogP contribution in [0, 0.1) is 6.92 Å². The van der Waals surface area contributed by atoms with Crippen molar-refractivity contribution in [2.75, 3.05) is 25.0 Å². The first-order valence-electron chi connectivity index (χ1n) is 5.20. The quantitative estimate of drug-likeness (QED) is 0.676. The number of nitrogens with zero attached hydrogens (tertiary/aromatic N) is 1. The Hall–Kier alpha value is -1.09. The van der Waals surface area contributed by atoms with E-state index in [1.165, 1.54) is 5.56 Å². The van der Waals surface area contributed by atoms with Crippen LogP contribution in [0.4, 0.5) is 5.82 Å². The number of nitrogens with one attached hydrogen (secondary N) is 2. The fraction of sp³-hybridized carbons (Fsp3) is 0.545. The number of pyridine rings is 1. The van der Waals surface area contributed by atoms with Gasteiger partial charge in [-0.05, 0) is 38.1 Å². The van der Waals surface area contributed by atoms with Crippen molar-refractivity contribution < 1.29 is 0 Å². The van der Waals surface area contributed by atoms with E-state index in [0.717, 1.165) is 31.9 Å². The number of aromatic nitrogens is 1. The number of hydrogen-bond donors (Lipinski definition) is 2. The Kier molecular flexibility index (Phi) is 5.00. The van der Waals surface area contributed by atoms with Crippen molar-refractivity contribution in [2.24, 2.45) is 0 Å². The minimum Gasteiger partial charge on any atom is -0.370 e. The molecule has 1 heterocycles. The van der Waals surface area contributed by atoms with Gasteiger partial charge in [0.1, 0.15) is 5.82 Å². The van der Waals surface area contributed by atoms with Crippen molar-refractivity contribution in [3.8, 4) is 0 Å². The molecule has 1 aromatic rings. The smallest absolute Gasteiger partial charge is 0.128 e. The second kappa shape index (κ2) is 6.38. The summed E-state index contributed by atoms with van der Waals surface area (Å²) in [6.07, 6.45) is 2.95. The van der Waals surface area contributed by atoms with Gasteiger partial charge in [0.15, 0.2) is 0 Å². The molecule has 0 aliphatic heterocycles. The van der Waals surface area contributed by atoms with E-state index in [1.54, 1.807) is 0 Å². The van der Waals surface area contributed by atoms with E-state index in [2.05, 4.69) is 35.5 Å². The first kappa shape index (κ1) is 11.0. The van der Waals surface area contributed by atoms with Crippen LogP contribution in [-0.2, 0) is 0 Å². The first-order chi connectivity index (χ1) is 6.84. The summed E-state index contributed by atoms with van der Waals surface area (Å²) < 4.78 is 0. The van der Waals surface area contributed by atoms with Crippen LogP contribution in [0.3, 0.4) is 0 Å². The summed E-state index contributed by atoms with van der Waals surface area (Å²) in [4.78, 5) is 4.26. The number of aryl methyl sites for hydroxylation is 1. The molecule has 0 radical (unpaired) electrons. The fourth-order valence-corrected chi connectivity index (χ4v) is 1.27. The van der Waals surface area contributed by atoms with Crippen molar-refractivity contribution in [3.63, 3.8) is 0 Å². The SMILES string of the molecule is CCNCCCNc1ncccc1C. The summed E-state index contributed by atoms with van der Waals surface area (Å²) in [5, 5.41) is 6.61. The molecule has 1 aromatic heterocycles. The molecule has 0 amide bonds. The average Bonchev–Trinajstić information content (AvgIpc) is 2.20. The maximum Gasteiger partial charge on any atom is 0.128 e. The molecule has 0 aromatic carbocycles. The Balaban J connectivity index is 2.21. The standard InChI is InChI=1S/C11H19N3/c1-3-12-7-5-9-14-11-10(2)6-4-8-13-11/h4,6,8,12H,3,5,7,9H2,1-2H3,(H,13,14). The Morgan fingerprint density at radius 1 is 1.36 bits per heavy atom. The normalized spacial score (nSPS) is 10.1. The van der Waals surface area contributed by atoms with Crippen LogP contribution >= 0.6 is 0 Å². The summed E-state index contributed by atoms with van der Waals surface area (Å²) in [5.41, 5.74) is 1.20. The monoisotopic (exact) mass is 193 g/mol. The van der Waals surface area contributed by atoms with Gasteiger partial charge < -0.3 is 10.6 Å². The van der Waals surface area contributed by atoms with Crippen LogP contribution in [-0.4, -0.2) is 24.6 Å².